The summed E-state index contributed by atoms with van der Waals surface area (Å²) in [6, 6.07) is 3.15. The molecule has 0 saturated heterocycles. The highest BCUT2D eigenvalue weighted by Crippen LogP contribution is 2.40. The molecule has 2 rings (SSSR count). The van der Waals surface area contributed by atoms with Crippen LogP contribution in [0, 0.1) is 11.7 Å². The molecule has 1 aromatic heterocycles. The van der Waals surface area contributed by atoms with Crippen molar-refractivity contribution in [2.75, 3.05) is 14.2 Å². The number of carbonyl (C=O) groups is 2. The fraction of sp³-hybridized carbons (Fsp3) is 0.375. The highest BCUT2D eigenvalue weighted by atomic mass is 32.1. The second kappa shape index (κ2) is 6.44. The van der Waals surface area contributed by atoms with Crippen LogP contribution in [0.5, 0.6) is 11.5 Å². The second-order valence-corrected chi connectivity index (χ2v) is 6.17. The van der Waals surface area contributed by atoms with Crippen molar-refractivity contribution in [3.8, 4) is 11.5 Å². The Hall–Kier alpha value is -1.95. The Morgan fingerprint density at radius 1 is 1.27 bits per heavy atom. The van der Waals surface area contributed by atoms with Crippen LogP contribution >= 0.6 is 11.3 Å². The Kier molecular flexibility index (Phi) is 4.81. The number of carbonyl (C=O) groups excluding carboxylic acids is 2. The molecule has 0 bridgehead atoms. The van der Waals surface area contributed by atoms with Crippen molar-refractivity contribution in [1.29, 1.82) is 0 Å². The molecule has 0 spiro atoms. The topological polar surface area (TPSA) is 52.6 Å². The predicted molar refractivity (Wildman–Crippen MR) is 83.7 cm³/mol. The second-order valence-electron chi connectivity index (χ2n) is 5.09. The largest absolute Gasteiger partial charge is 0.493 e. The average molecular weight is 324 g/mol. The number of Topliss-reactive ketones (excluding diaryl/α,β-unsaturated/α-hetero) is 2. The molecule has 1 aromatic carbocycles. The Labute approximate surface area is 131 Å². The number of fused-ring (bicyclic) bond motifs is 1. The van der Waals surface area contributed by atoms with Crippen LogP contribution in [0.1, 0.15) is 29.9 Å². The van der Waals surface area contributed by atoms with Gasteiger partial charge in [-0.15, -0.1) is 11.3 Å². The molecule has 0 aliphatic rings. The molecule has 0 aliphatic carbocycles. The lowest BCUT2D eigenvalue weighted by atomic mass is 10.00. The van der Waals surface area contributed by atoms with E-state index in [-0.39, 0.29) is 35.4 Å². The fourth-order valence-corrected chi connectivity index (χ4v) is 3.14. The van der Waals surface area contributed by atoms with E-state index in [1.807, 2.05) is 0 Å². The van der Waals surface area contributed by atoms with Crippen molar-refractivity contribution >= 4 is 33.0 Å². The number of ketones is 2. The van der Waals surface area contributed by atoms with E-state index in [4.69, 9.17) is 9.47 Å². The van der Waals surface area contributed by atoms with Crippen LogP contribution in [-0.2, 0) is 4.79 Å². The van der Waals surface area contributed by atoms with Crippen LogP contribution in [0.2, 0.25) is 0 Å². The smallest absolute Gasteiger partial charge is 0.197 e. The summed E-state index contributed by atoms with van der Waals surface area (Å²) in [6.45, 7) is 3.17. The zero-order chi connectivity index (χ0) is 16.4. The van der Waals surface area contributed by atoms with Crippen LogP contribution < -0.4 is 9.47 Å². The molecule has 4 nitrogen and oxygen atoms in total. The SMILES string of the molecule is COc1cc2sc(C(=O)C[C@H](C)C(C)=O)cc2c(F)c1OC. The predicted octanol–water partition coefficient (Wildman–Crippen LogP) is 3.86. The number of methoxy groups -OCH3 is 2. The molecular formula is C16H17FO4S. The maximum absolute atomic E-state index is 14.4. The first kappa shape index (κ1) is 16.4. The molecule has 0 fully saturated rings. The molecule has 0 saturated carbocycles. The van der Waals surface area contributed by atoms with Gasteiger partial charge < -0.3 is 9.47 Å². The van der Waals surface area contributed by atoms with Gasteiger partial charge in [0, 0.05) is 28.5 Å². The molecule has 118 valence electrons. The van der Waals surface area contributed by atoms with E-state index >= 15 is 0 Å². The lowest BCUT2D eigenvalue weighted by Crippen LogP contribution is -2.11. The summed E-state index contributed by atoms with van der Waals surface area (Å²) in [5, 5.41) is 0.321. The average Bonchev–Trinajstić information content (AvgIpc) is 2.91. The minimum atomic E-state index is -0.549. The Balaban J connectivity index is 2.44. The minimum absolute atomic E-state index is 0.0175. The Bertz CT molecular complexity index is 735. The quantitative estimate of drug-likeness (QED) is 0.757. The van der Waals surface area contributed by atoms with Crippen LogP contribution in [0.15, 0.2) is 12.1 Å². The first-order chi connectivity index (χ1) is 10.4. The number of halogens is 1. The zero-order valence-electron chi connectivity index (χ0n) is 12.9. The Morgan fingerprint density at radius 3 is 2.50 bits per heavy atom. The van der Waals surface area contributed by atoms with Crippen LogP contribution in [0.4, 0.5) is 4.39 Å². The van der Waals surface area contributed by atoms with Gasteiger partial charge in [0.2, 0.25) is 0 Å². The molecule has 0 amide bonds. The molecule has 2 aromatic rings. The van der Waals surface area contributed by atoms with E-state index in [1.165, 1.54) is 38.5 Å². The van der Waals surface area contributed by atoms with Gasteiger partial charge in [0.15, 0.2) is 23.1 Å². The van der Waals surface area contributed by atoms with Crippen LogP contribution in [-0.4, -0.2) is 25.8 Å². The van der Waals surface area contributed by atoms with Gasteiger partial charge in [-0.3, -0.25) is 9.59 Å². The van der Waals surface area contributed by atoms with Crippen LogP contribution in [0.3, 0.4) is 0 Å². The van der Waals surface area contributed by atoms with E-state index in [1.54, 1.807) is 13.0 Å². The summed E-state index contributed by atoms with van der Waals surface area (Å²) in [4.78, 5) is 23.9. The Morgan fingerprint density at radius 2 is 1.95 bits per heavy atom. The molecule has 1 heterocycles. The molecule has 0 aliphatic heterocycles. The van der Waals surface area contributed by atoms with Crippen LogP contribution in [0.25, 0.3) is 10.1 Å². The van der Waals surface area contributed by atoms with E-state index in [0.717, 1.165) is 0 Å². The van der Waals surface area contributed by atoms with Gasteiger partial charge in [-0.05, 0) is 13.0 Å². The van der Waals surface area contributed by atoms with Crippen molar-refractivity contribution in [3.63, 3.8) is 0 Å². The summed E-state index contributed by atoms with van der Waals surface area (Å²) < 4.78 is 25.1. The molecular weight excluding hydrogens is 307 g/mol. The number of rotatable bonds is 6. The van der Waals surface area contributed by atoms with Gasteiger partial charge in [0.25, 0.3) is 0 Å². The van der Waals surface area contributed by atoms with E-state index < -0.39 is 5.82 Å². The normalized spacial score (nSPS) is 12.2. The first-order valence-electron chi connectivity index (χ1n) is 6.76. The molecule has 1 atom stereocenters. The van der Waals surface area contributed by atoms with Gasteiger partial charge >= 0.3 is 0 Å². The van der Waals surface area contributed by atoms with Crippen molar-refractivity contribution in [3.05, 3.63) is 22.8 Å². The molecule has 0 unspecified atom stereocenters. The third-order valence-corrected chi connectivity index (χ3v) is 4.69. The fourth-order valence-electron chi connectivity index (χ4n) is 2.10. The van der Waals surface area contributed by atoms with Gasteiger partial charge in [-0.1, -0.05) is 6.92 Å². The summed E-state index contributed by atoms with van der Waals surface area (Å²) in [5.41, 5.74) is 0. The third-order valence-electron chi connectivity index (χ3n) is 3.57. The monoisotopic (exact) mass is 324 g/mol. The summed E-state index contributed by atoms with van der Waals surface area (Å²) in [6.07, 6.45) is 0.123. The zero-order valence-corrected chi connectivity index (χ0v) is 13.7. The highest BCUT2D eigenvalue weighted by Gasteiger charge is 2.21. The number of hydrogen-bond donors (Lipinski definition) is 0. The minimum Gasteiger partial charge on any atom is -0.493 e. The molecule has 22 heavy (non-hydrogen) atoms. The highest BCUT2D eigenvalue weighted by molar-refractivity contribution is 7.20. The van der Waals surface area contributed by atoms with Gasteiger partial charge in [-0.2, -0.15) is 0 Å². The number of hydrogen-bond acceptors (Lipinski definition) is 5. The van der Waals surface area contributed by atoms with Gasteiger partial charge in [0.05, 0.1) is 19.1 Å². The van der Waals surface area contributed by atoms with Crippen molar-refractivity contribution < 1.29 is 23.5 Å². The van der Waals surface area contributed by atoms with E-state index in [2.05, 4.69) is 0 Å². The third kappa shape index (κ3) is 2.97. The number of benzene rings is 1. The molecule has 0 radical (unpaired) electrons. The van der Waals surface area contributed by atoms with E-state index in [0.29, 0.717) is 15.0 Å². The van der Waals surface area contributed by atoms with Crippen molar-refractivity contribution in [2.45, 2.75) is 20.3 Å². The summed E-state index contributed by atoms with van der Waals surface area (Å²) in [7, 11) is 2.79. The lowest BCUT2D eigenvalue weighted by molar-refractivity contribution is -0.120. The summed E-state index contributed by atoms with van der Waals surface area (Å²) in [5.74, 6) is -0.794. The van der Waals surface area contributed by atoms with Crippen molar-refractivity contribution in [2.24, 2.45) is 5.92 Å². The van der Waals surface area contributed by atoms with Gasteiger partial charge in [-0.25, -0.2) is 4.39 Å². The van der Waals surface area contributed by atoms with E-state index in [9.17, 15) is 14.0 Å². The number of ether oxygens (including phenoxy) is 2. The maximum atomic E-state index is 14.4. The molecule has 6 heteroatoms. The lowest BCUT2D eigenvalue weighted by Gasteiger charge is -2.08. The molecule has 0 N–H and O–H groups in total. The maximum Gasteiger partial charge on any atom is 0.197 e. The van der Waals surface area contributed by atoms with Gasteiger partial charge in [0.1, 0.15) is 5.78 Å². The first-order valence-corrected chi connectivity index (χ1v) is 7.58. The standard InChI is InChI=1S/C16H17FO4S/c1-8(9(2)18)5-11(19)14-6-10-13(22-14)7-12(20-3)16(21-4)15(10)17/h6-8H,5H2,1-4H3/t8-/m0/s1. The van der Waals surface area contributed by atoms with Crippen molar-refractivity contribution in [1.82, 2.24) is 0 Å². The number of thiophene rings is 1. The summed E-state index contributed by atoms with van der Waals surface area (Å²) >= 11 is 1.19.